The van der Waals surface area contributed by atoms with E-state index in [1.807, 2.05) is 71.7 Å². The number of rotatable bonds is 4. The van der Waals surface area contributed by atoms with E-state index in [1.54, 1.807) is 0 Å². The summed E-state index contributed by atoms with van der Waals surface area (Å²) in [5.74, 6) is 2.63. The SMILES string of the molecule is C#Cc1cccc(NCc2cnn(-c3ccccc3)c2)c1. The van der Waals surface area contributed by atoms with Crippen molar-refractivity contribution < 1.29 is 0 Å². The van der Waals surface area contributed by atoms with Gasteiger partial charge in [0.2, 0.25) is 0 Å². The molecule has 3 aromatic rings. The molecule has 21 heavy (non-hydrogen) atoms. The van der Waals surface area contributed by atoms with Gasteiger partial charge in [0.1, 0.15) is 0 Å². The molecule has 3 nitrogen and oxygen atoms in total. The van der Waals surface area contributed by atoms with Crippen LogP contribution in [-0.4, -0.2) is 9.78 Å². The predicted molar refractivity (Wildman–Crippen MR) is 85.3 cm³/mol. The smallest absolute Gasteiger partial charge is 0.0645 e. The number of terminal acetylenes is 1. The van der Waals surface area contributed by atoms with Crippen molar-refractivity contribution in [3.63, 3.8) is 0 Å². The number of nitrogens with one attached hydrogen (secondary N) is 1. The van der Waals surface area contributed by atoms with Crippen LogP contribution in [0.1, 0.15) is 11.1 Å². The fourth-order valence-electron chi connectivity index (χ4n) is 2.10. The van der Waals surface area contributed by atoms with Crippen LogP contribution in [-0.2, 0) is 6.54 Å². The predicted octanol–water partition coefficient (Wildman–Crippen LogP) is 3.47. The van der Waals surface area contributed by atoms with Crippen molar-refractivity contribution in [2.45, 2.75) is 6.54 Å². The summed E-state index contributed by atoms with van der Waals surface area (Å²) >= 11 is 0. The van der Waals surface area contributed by atoms with E-state index >= 15 is 0 Å². The molecule has 102 valence electrons. The summed E-state index contributed by atoms with van der Waals surface area (Å²) in [5, 5.41) is 7.73. The molecule has 3 rings (SSSR count). The minimum absolute atomic E-state index is 0.709. The van der Waals surface area contributed by atoms with Crippen LogP contribution in [0.5, 0.6) is 0 Å². The summed E-state index contributed by atoms with van der Waals surface area (Å²) < 4.78 is 1.87. The normalized spacial score (nSPS) is 10.0. The van der Waals surface area contributed by atoms with Crippen molar-refractivity contribution in [1.82, 2.24) is 9.78 Å². The maximum absolute atomic E-state index is 5.40. The fraction of sp³-hybridized carbons (Fsp3) is 0.0556. The van der Waals surface area contributed by atoms with Crippen LogP contribution < -0.4 is 5.32 Å². The Balaban J connectivity index is 1.69. The third-order valence-corrected chi connectivity index (χ3v) is 3.18. The molecule has 1 heterocycles. The van der Waals surface area contributed by atoms with Gasteiger partial charge in [0.25, 0.3) is 0 Å². The quantitative estimate of drug-likeness (QED) is 0.738. The van der Waals surface area contributed by atoms with Crippen molar-refractivity contribution in [3.8, 4) is 18.0 Å². The highest BCUT2D eigenvalue weighted by molar-refractivity contribution is 5.50. The minimum atomic E-state index is 0.709. The van der Waals surface area contributed by atoms with E-state index in [9.17, 15) is 0 Å². The van der Waals surface area contributed by atoms with Crippen molar-refractivity contribution in [2.24, 2.45) is 0 Å². The van der Waals surface area contributed by atoms with Crippen LogP contribution in [0.2, 0.25) is 0 Å². The Labute approximate surface area is 124 Å². The fourth-order valence-corrected chi connectivity index (χ4v) is 2.10. The molecule has 1 aromatic heterocycles. The molecule has 0 radical (unpaired) electrons. The molecule has 0 spiro atoms. The number of aromatic nitrogens is 2. The molecule has 0 aliphatic carbocycles. The first-order valence-electron chi connectivity index (χ1n) is 6.75. The van der Waals surface area contributed by atoms with Crippen molar-refractivity contribution in [1.29, 1.82) is 0 Å². The van der Waals surface area contributed by atoms with E-state index < -0.39 is 0 Å². The lowest BCUT2D eigenvalue weighted by atomic mass is 10.2. The van der Waals surface area contributed by atoms with Gasteiger partial charge in [-0.3, -0.25) is 0 Å². The Morgan fingerprint density at radius 1 is 1.10 bits per heavy atom. The summed E-state index contributed by atoms with van der Waals surface area (Å²) in [6, 6.07) is 17.9. The molecule has 2 aromatic carbocycles. The summed E-state index contributed by atoms with van der Waals surface area (Å²) in [5.41, 5.74) is 4.06. The van der Waals surface area contributed by atoms with Crippen LogP contribution in [0.15, 0.2) is 67.0 Å². The Kier molecular flexibility index (Phi) is 3.70. The van der Waals surface area contributed by atoms with Gasteiger partial charge in [-0.1, -0.05) is 30.2 Å². The zero-order valence-corrected chi connectivity index (χ0v) is 11.5. The largest absolute Gasteiger partial charge is 0.381 e. The average Bonchev–Trinajstić information content (AvgIpc) is 3.03. The molecule has 0 saturated heterocycles. The number of nitrogens with zero attached hydrogens (tertiary/aromatic N) is 2. The van der Waals surface area contributed by atoms with Crippen LogP contribution in [0.4, 0.5) is 5.69 Å². The lowest BCUT2D eigenvalue weighted by Gasteiger charge is -2.05. The molecular weight excluding hydrogens is 258 g/mol. The molecule has 1 N–H and O–H groups in total. The lowest BCUT2D eigenvalue weighted by molar-refractivity contribution is 0.880. The molecule has 0 fully saturated rings. The van der Waals surface area contributed by atoms with Gasteiger partial charge in [0.15, 0.2) is 0 Å². The zero-order valence-electron chi connectivity index (χ0n) is 11.5. The molecular formula is C18H15N3. The minimum Gasteiger partial charge on any atom is -0.381 e. The maximum atomic E-state index is 5.40. The molecule has 0 atom stereocenters. The zero-order chi connectivity index (χ0) is 14.5. The second-order valence-corrected chi connectivity index (χ2v) is 4.71. The Morgan fingerprint density at radius 3 is 2.76 bits per heavy atom. The van der Waals surface area contributed by atoms with Crippen LogP contribution in [0.3, 0.4) is 0 Å². The van der Waals surface area contributed by atoms with E-state index in [4.69, 9.17) is 6.42 Å². The first-order chi connectivity index (χ1) is 10.3. The van der Waals surface area contributed by atoms with E-state index in [-0.39, 0.29) is 0 Å². The van der Waals surface area contributed by atoms with Crippen molar-refractivity contribution >= 4 is 5.69 Å². The Bertz CT molecular complexity index is 766. The highest BCUT2D eigenvalue weighted by atomic mass is 15.3. The van der Waals surface area contributed by atoms with Crippen LogP contribution in [0, 0.1) is 12.3 Å². The van der Waals surface area contributed by atoms with Gasteiger partial charge in [-0.25, -0.2) is 4.68 Å². The standard InChI is InChI=1S/C18H15N3/c1-2-15-7-6-8-17(11-15)19-12-16-13-20-21(14-16)18-9-4-3-5-10-18/h1,3-11,13-14,19H,12H2. The number of hydrogen-bond donors (Lipinski definition) is 1. The first-order valence-corrected chi connectivity index (χ1v) is 6.75. The molecule has 0 aliphatic rings. The summed E-state index contributed by atoms with van der Waals surface area (Å²) in [4.78, 5) is 0. The van der Waals surface area contributed by atoms with Crippen LogP contribution in [0.25, 0.3) is 5.69 Å². The van der Waals surface area contributed by atoms with Gasteiger partial charge < -0.3 is 5.32 Å². The van der Waals surface area contributed by atoms with Gasteiger partial charge >= 0.3 is 0 Å². The Morgan fingerprint density at radius 2 is 1.95 bits per heavy atom. The van der Waals surface area contributed by atoms with E-state index in [2.05, 4.69) is 16.3 Å². The number of benzene rings is 2. The first kappa shape index (κ1) is 13.0. The van der Waals surface area contributed by atoms with E-state index in [0.717, 1.165) is 22.5 Å². The lowest BCUT2D eigenvalue weighted by Crippen LogP contribution is -1.98. The molecule has 0 bridgehead atoms. The summed E-state index contributed by atoms with van der Waals surface area (Å²) in [6.07, 6.45) is 9.29. The second-order valence-electron chi connectivity index (χ2n) is 4.71. The molecule has 0 saturated carbocycles. The number of hydrogen-bond acceptors (Lipinski definition) is 2. The number of anilines is 1. The Hall–Kier alpha value is -2.99. The van der Waals surface area contributed by atoms with E-state index in [0.29, 0.717) is 6.54 Å². The summed E-state index contributed by atoms with van der Waals surface area (Å²) in [7, 11) is 0. The highest BCUT2D eigenvalue weighted by Gasteiger charge is 2.01. The van der Waals surface area contributed by atoms with Gasteiger partial charge in [0, 0.05) is 29.6 Å². The molecule has 0 unspecified atom stereocenters. The summed E-state index contributed by atoms with van der Waals surface area (Å²) in [6.45, 7) is 0.709. The van der Waals surface area contributed by atoms with Crippen molar-refractivity contribution in [3.05, 3.63) is 78.1 Å². The van der Waals surface area contributed by atoms with Gasteiger partial charge in [-0.15, -0.1) is 6.42 Å². The van der Waals surface area contributed by atoms with Gasteiger partial charge in [0.05, 0.1) is 11.9 Å². The monoisotopic (exact) mass is 273 g/mol. The highest BCUT2D eigenvalue weighted by Crippen LogP contribution is 2.12. The third-order valence-electron chi connectivity index (χ3n) is 3.18. The van der Waals surface area contributed by atoms with Crippen LogP contribution >= 0.6 is 0 Å². The maximum Gasteiger partial charge on any atom is 0.0645 e. The average molecular weight is 273 g/mol. The second kappa shape index (κ2) is 5.98. The topological polar surface area (TPSA) is 29.9 Å². The third kappa shape index (κ3) is 3.13. The van der Waals surface area contributed by atoms with E-state index in [1.165, 1.54) is 0 Å². The molecule has 0 aliphatic heterocycles. The number of para-hydroxylation sites is 1. The van der Waals surface area contributed by atoms with Gasteiger partial charge in [-0.2, -0.15) is 5.10 Å². The molecule has 0 amide bonds. The van der Waals surface area contributed by atoms with Gasteiger partial charge in [-0.05, 0) is 30.3 Å². The van der Waals surface area contributed by atoms with Crippen molar-refractivity contribution in [2.75, 3.05) is 5.32 Å². The molecule has 3 heteroatoms.